The van der Waals surface area contributed by atoms with E-state index in [0.717, 1.165) is 11.1 Å². The first-order valence-electron chi connectivity index (χ1n) is 10.2. The van der Waals surface area contributed by atoms with Crippen molar-refractivity contribution in [1.29, 1.82) is 0 Å². The first-order valence-corrected chi connectivity index (χ1v) is 10.2. The Kier molecular flexibility index (Phi) is 8.73. The normalized spacial score (nSPS) is 12.0. The molecule has 166 valence electrons. The maximum Gasteiger partial charge on any atom is 0.329 e. The number of carbonyl (C=O) groups excluding carboxylic acids is 3. The number of hydrogen-bond donors (Lipinski definition) is 2. The lowest BCUT2D eigenvalue weighted by Gasteiger charge is -2.23. The van der Waals surface area contributed by atoms with Gasteiger partial charge in [0, 0.05) is 12.0 Å². The SMILES string of the molecule is CC(C)(C)NC(=O)CC(NC(=O)CCc1ccc(F)cc1)C(=O)OCc1ccccc1. The van der Waals surface area contributed by atoms with Crippen molar-refractivity contribution in [1.82, 2.24) is 10.6 Å². The Morgan fingerprint density at radius 2 is 1.58 bits per heavy atom. The number of nitrogens with one attached hydrogen (secondary N) is 2. The van der Waals surface area contributed by atoms with E-state index in [-0.39, 0.29) is 31.2 Å². The van der Waals surface area contributed by atoms with E-state index in [4.69, 9.17) is 4.74 Å². The smallest absolute Gasteiger partial charge is 0.329 e. The third-order valence-electron chi connectivity index (χ3n) is 4.30. The summed E-state index contributed by atoms with van der Waals surface area (Å²) in [6, 6.07) is 13.9. The molecule has 0 heterocycles. The van der Waals surface area contributed by atoms with Crippen LogP contribution in [0.4, 0.5) is 4.39 Å². The maximum atomic E-state index is 13.0. The van der Waals surface area contributed by atoms with Crippen LogP contribution in [0.15, 0.2) is 54.6 Å². The average Bonchev–Trinajstić information content (AvgIpc) is 2.70. The predicted octanol–water partition coefficient (Wildman–Crippen LogP) is 3.29. The van der Waals surface area contributed by atoms with Crippen LogP contribution in [0.3, 0.4) is 0 Å². The zero-order valence-corrected chi connectivity index (χ0v) is 18.1. The van der Waals surface area contributed by atoms with Crippen molar-refractivity contribution in [2.24, 2.45) is 0 Å². The van der Waals surface area contributed by atoms with E-state index >= 15 is 0 Å². The molecule has 2 N–H and O–H groups in total. The number of aryl methyl sites for hydroxylation is 1. The number of carbonyl (C=O) groups is 3. The highest BCUT2D eigenvalue weighted by Crippen LogP contribution is 2.08. The summed E-state index contributed by atoms with van der Waals surface area (Å²) < 4.78 is 18.3. The number of ether oxygens (including phenoxy) is 1. The van der Waals surface area contributed by atoms with Crippen molar-refractivity contribution in [3.05, 3.63) is 71.5 Å². The van der Waals surface area contributed by atoms with E-state index in [1.807, 2.05) is 51.1 Å². The molecule has 0 saturated heterocycles. The number of benzene rings is 2. The van der Waals surface area contributed by atoms with Crippen LogP contribution in [-0.4, -0.2) is 29.4 Å². The van der Waals surface area contributed by atoms with Gasteiger partial charge in [0.2, 0.25) is 11.8 Å². The molecule has 2 amide bonds. The molecule has 31 heavy (non-hydrogen) atoms. The molecule has 0 aliphatic carbocycles. The number of rotatable bonds is 9. The lowest BCUT2D eigenvalue weighted by atomic mass is 10.1. The first-order chi connectivity index (χ1) is 14.6. The quantitative estimate of drug-likeness (QED) is 0.601. The van der Waals surface area contributed by atoms with E-state index in [1.165, 1.54) is 12.1 Å². The fourth-order valence-electron chi connectivity index (χ4n) is 2.85. The fourth-order valence-corrected chi connectivity index (χ4v) is 2.85. The summed E-state index contributed by atoms with van der Waals surface area (Å²) in [4.78, 5) is 37.4. The molecule has 0 spiro atoms. The largest absolute Gasteiger partial charge is 0.459 e. The average molecular weight is 429 g/mol. The van der Waals surface area contributed by atoms with Crippen LogP contribution in [0.2, 0.25) is 0 Å². The van der Waals surface area contributed by atoms with Gasteiger partial charge in [0.15, 0.2) is 0 Å². The molecule has 0 aliphatic rings. The molecular weight excluding hydrogens is 399 g/mol. The molecule has 7 heteroatoms. The number of amides is 2. The Bertz CT molecular complexity index is 877. The van der Waals surface area contributed by atoms with E-state index in [9.17, 15) is 18.8 Å². The number of hydrogen-bond acceptors (Lipinski definition) is 4. The van der Waals surface area contributed by atoms with Gasteiger partial charge in [0.1, 0.15) is 18.5 Å². The molecule has 2 rings (SSSR count). The van der Waals surface area contributed by atoms with Crippen molar-refractivity contribution in [2.45, 2.75) is 58.2 Å². The second-order valence-corrected chi connectivity index (χ2v) is 8.34. The lowest BCUT2D eigenvalue weighted by Crippen LogP contribution is -2.48. The van der Waals surface area contributed by atoms with Crippen LogP contribution in [0.1, 0.15) is 44.7 Å². The molecule has 0 aliphatic heterocycles. The minimum atomic E-state index is -1.10. The Hall–Kier alpha value is -3.22. The molecule has 1 unspecified atom stereocenters. The standard InChI is InChI=1S/C24H29FN2O4/c1-24(2,3)27-22(29)15-20(23(30)31-16-18-7-5-4-6-8-18)26-21(28)14-11-17-9-12-19(25)13-10-17/h4-10,12-13,20H,11,14-16H2,1-3H3,(H,26,28)(H,27,29). The van der Waals surface area contributed by atoms with Gasteiger partial charge in [-0.2, -0.15) is 0 Å². The van der Waals surface area contributed by atoms with Gasteiger partial charge < -0.3 is 15.4 Å². The van der Waals surface area contributed by atoms with Crippen molar-refractivity contribution in [3.8, 4) is 0 Å². The Labute approximate surface area is 182 Å². The molecule has 2 aromatic rings. The topological polar surface area (TPSA) is 84.5 Å². The van der Waals surface area contributed by atoms with Crippen LogP contribution in [-0.2, 0) is 32.1 Å². The Morgan fingerprint density at radius 3 is 2.19 bits per heavy atom. The second kappa shape index (κ2) is 11.2. The summed E-state index contributed by atoms with van der Waals surface area (Å²) in [5, 5.41) is 5.38. The molecule has 0 fully saturated rings. The molecule has 0 bridgehead atoms. The molecule has 0 radical (unpaired) electrons. The van der Waals surface area contributed by atoms with Gasteiger partial charge in [-0.05, 0) is 50.5 Å². The minimum Gasteiger partial charge on any atom is -0.459 e. The van der Waals surface area contributed by atoms with Gasteiger partial charge in [-0.3, -0.25) is 9.59 Å². The van der Waals surface area contributed by atoms with Crippen molar-refractivity contribution in [3.63, 3.8) is 0 Å². The highest BCUT2D eigenvalue weighted by molar-refractivity contribution is 5.89. The van der Waals surface area contributed by atoms with Gasteiger partial charge >= 0.3 is 5.97 Å². The molecule has 0 saturated carbocycles. The predicted molar refractivity (Wildman–Crippen MR) is 115 cm³/mol. The van der Waals surface area contributed by atoms with Crippen LogP contribution in [0.5, 0.6) is 0 Å². The van der Waals surface area contributed by atoms with Crippen LogP contribution >= 0.6 is 0 Å². The summed E-state index contributed by atoms with van der Waals surface area (Å²) >= 11 is 0. The van der Waals surface area contributed by atoms with Crippen molar-refractivity contribution >= 4 is 17.8 Å². The fraction of sp³-hybridized carbons (Fsp3) is 0.375. The zero-order valence-electron chi connectivity index (χ0n) is 18.1. The van der Waals surface area contributed by atoms with Crippen LogP contribution < -0.4 is 10.6 Å². The van der Waals surface area contributed by atoms with Crippen LogP contribution in [0, 0.1) is 5.82 Å². The van der Waals surface area contributed by atoms with Gasteiger partial charge in [0.25, 0.3) is 0 Å². The van der Waals surface area contributed by atoms with Crippen LogP contribution in [0.25, 0.3) is 0 Å². The van der Waals surface area contributed by atoms with E-state index < -0.39 is 23.5 Å². The van der Waals surface area contributed by atoms with Gasteiger partial charge in [-0.25, -0.2) is 9.18 Å². The molecule has 1 atom stereocenters. The van der Waals surface area contributed by atoms with Crippen molar-refractivity contribution < 1.29 is 23.5 Å². The number of esters is 1. The van der Waals surface area contributed by atoms with E-state index in [2.05, 4.69) is 10.6 Å². The third-order valence-corrected chi connectivity index (χ3v) is 4.30. The molecule has 0 aromatic heterocycles. The van der Waals surface area contributed by atoms with E-state index in [0.29, 0.717) is 6.42 Å². The third kappa shape index (κ3) is 9.42. The van der Waals surface area contributed by atoms with Gasteiger partial charge in [0.05, 0.1) is 6.42 Å². The molecular formula is C24H29FN2O4. The number of halogens is 1. The maximum absolute atomic E-state index is 13.0. The summed E-state index contributed by atoms with van der Waals surface area (Å²) in [7, 11) is 0. The Balaban J connectivity index is 1.97. The first kappa shape index (κ1) is 24.1. The summed E-state index contributed by atoms with van der Waals surface area (Å²) in [6.07, 6.45) is 0.244. The lowest BCUT2D eigenvalue weighted by molar-refractivity contribution is -0.150. The van der Waals surface area contributed by atoms with Gasteiger partial charge in [-0.1, -0.05) is 42.5 Å². The highest BCUT2D eigenvalue weighted by Gasteiger charge is 2.27. The summed E-state index contributed by atoms with van der Waals surface area (Å²) in [6.45, 7) is 5.53. The second-order valence-electron chi connectivity index (χ2n) is 8.34. The van der Waals surface area contributed by atoms with E-state index in [1.54, 1.807) is 12.1 Å². The summed E-state index contributed by atoms with van der Waals surface area (Å²) in [5.74, 6) is -1.79. The molecule has 2 aromatic carbocycles. The molecule has 6 nitrogen and oxygen atoms in total. The van der Waals surface area contributed by atoms with Gasteiger partial charge in [-0.15, -0.1) is 0 Å². The monoisotopic (exact) mass is 428 g/mol. The highest BCUT2D eigenvalue weighted by atomic mass is 19.1. The Morgan fingerprint density at radius 1 is 0.935 bits per heavy atom. The zero-order chi connectivity index (χ0) is 22.9. The van der Waals surface area contributed by atoms with Crippen molar-refractivity contribution in [2.75, 3.05) is 0 Å². The minimum absolute atomic E-state index is 0.0442. The summed E-state index contributed by atoms with van der Waals surface area (Å²) in [5.41, 5.74) is 1.13.